The Bertz CT molecular complexity index is 342. The highest BCUT2D eigenvalue weighted by Crippen LogP contribution is 2.22. The molecule has 1 aromatic rings. The van der Waals surface area contributed by atoms with Gasteiger partial charge in [0.05, 0.1) is 7.11 Å². The molecule has 0 atom stereocenters. The lowest BCUT2D eigenvalue weighted by Crippen LogP contribution is -2.37. The molecule has 0 fully saturated rings. The van der Waals surface area contributed by atoms with E-state index in [1.165, 1.54) is 0 Å². The van der Waals surface area contributed by atoms with Gasteiger partial charge in [0.15, 0.2) is 0 Å². The summed E-state index contributed by atoms with van der Waals surface area (Å²) in [6.07, 6.45) is 0. The van der Waals surface area contributed by atoms with Crippen LogP contribution >= 0.6 is 0 Å². The third-order valence-electron chi connectivity index (χ3n) is 2.34. The van der Waals surface area contributed by atoms with E-state index < -0.39 is 7.12 Å². The van der Waals surface area contributed by atoms with Gasteiger partial charge in [-0.1, -0.05) is 26.8 Å². The Morgan fingerprint density at radius 2 is 1.80 bits per heavy atom. The van der Waals surface area contributed by atoms with Crippen molar-refractivity contribution >= 4 is 12.6 Å². The summed E-state index contributed by atoms with van der Waals surface area (Å²) >= 11 is 0. The van der Waals surface area contributed by atoms with E-state index in [0.29, 0.717) is 11.2 Å². The molecule has 1 rings (SSSR count). The fraction of sp³-hybridized carbons (Fsp3) is 0.455. The van der Waals surface area contributed by atoms with Crippen LogP contribution in [0.4, 0.5) is 0 Å². The minimum absolute atomic E-state index is 0.120. The van der Waals surface area contributed by atoms with Crippen LogP contribution in [0.25, 0.3) is 0 Å². The van der Waals surface area contributed by atoms with Gasteiger partial charge in [-0.25, -0.2) is 0 Å². The second-order valence-corrected chi connectivity index (χ2v) is 4.58. The SMILES string of the molecule is COc1ccc(C(C)(C)C)c(B(O)O)c1. The second-order valence-electron chi connectivity index (χ2n) is 4.58. The lowest BCUT2D eigenvalue weighted by atomic mass is 9.70. The predicted molar refractivity (Wildman–Crippen MR) is 61.5 cm³/mol. The molecule has 0 aliphatic rings. The predicted octanol–water partition coefficient (Wildman–Crippen LogP) is 0.672. The molecule has 0 aliphatic carbocycles. The van der Waals surface area contributed by atoms with Crippen molar-refractivity contribution in [1.29, 1.82) is 0 Å². The largest absolute Gasteiger partial charge is 0.497 e. The number of hydrogen-bond donors (Lipinski definition) is 2. The number of methoxy groups -OCH3 is 1. The molecule has 0 heterocycles. The highest BCUT2D eigenvalue weighted by molar-refractivity contribution is 6.59. The Morgan fingerprint density at radius 1 is 1.20 bits per heavy atom. The smallest absolute Gasteiger partial charge is 0.488 e. The van der Waals surface area contributed by atoms with E-state index in [1.807, 2.05) is 32.9 Å². The zero-order chi connectivity index (χ0) is 11.6. The van der Waals surface area contributed by atoms with Crippen LogP contribution in [-0.2, 0) is 5.41 Å². The number of hydrogen-bond acceptors (Lipinski definition) is 3. The first-order chi connectivity index (χ1) is 6.86. The third-order valence-corrected chi connectivity index (χ3v) is 2.34. The van der Waals surface area contributed by atoms with Gasteiger partial charge in [0.1, 0.15) is 5.75 Å². The van der Waals surface area contributed by atoms with Crippen LogP contribution in [0.2, 0.25) is 0 Å². The van der Waals surface area contributed by atoms with Gasteiger partial charge in [-0.2, -0.15) is 0 Å². The van der Waals surface area contributed by atoms with Crippen LogP contribution in [0, 0.1) is 0 Å². The van der Waals surface area contributed by atoms with Crippen LogP contribution in [0.5, 0.6) is 5.75 Å². The zero-order valence-electron chi connectivity index (χ0n) is 9.61. The molecule has 4 heteroatoms. The first-order valence-electron chi connectivity index (χ1n) is 4.91. The average molecular weight is 208 g/mol. The maximum atomic E-state index is 9.29. The van der Waals surface area contributed by atoms with Crippen LogP contribution in [0.1, 0.15) is 26.3 Å². The highest BCUT2D eigenvalue weighted by Gasteiger charge is 2.24. The highest BCUT2D eigenvalue weighted by atomic mass is 16.5. The minimum atomic E-state index is -1.46. The fourth-order valence-electron chi connectivity index (χ4n) is 1.56. The molecule has 2 N–H and O–H groups in total. The molecule has 0 amide bonds. The molecule has 0 saturated heterocycles. The zero-order valence-corrected chi connectivity index (χ0v) is 9.61. The molecule has 0 radical (unpaired) electrons. The van der Waals surface area contributed by atoms with E-state index in [2.05, 4.69) is 0 Å². The van der Waals surface area contributed by atoms with Crippen LogP contribution in [-0.4, -0.2) is 24.3 Å². The molecular weight excluding hydrogens is 191 g/mol. The number of ether oxygens (including phenoxy) is 1. The summed E-state index contributed by atoms with van der Waals surface area (Å²) in [7, 11) is 0.0916. The van der Waals surface area contributed by atoms with Crippen molar-refractivity contribution in [2.24, 2.45) is 0 Å². The van der Waals surface area contributed by atoms with Crippen LogP contribution in [0.15, 0.2) is 18.2 Å². The summed E-state index contributed by atoms with van der Waals surface area (Å²) in [6, 6.07) is 5.35. The third kappa shape index (κ3) is 2.73. The molecular formula is C11H17BO3. The van der Waals surface area contributed by atoms with Gasteiger partial charge < -0.3 is 14.8 Å². The van der Waals surface area contributed by atoms with E-state index in [0.717, 1.165) is 5.56 Å². The molecule has 82 valence electrons. The van der Waals surface area contributed by atoms with Gasteiger partial charge in [0.25, 0.3) is 0 Å². The van der Waals surface area contributed by atoms with Crippen molar-refractivity contribution in [3.63, 3.8) is 0 Å². The van der Waals surface area contributed by atoms with Crippen molar-refractivity contribution in [3.8, 4) is 5.75 Å². The van der Waals surface area contributed by atoms with Crippen molar-refractivity contribution in [2.75, 3.05) is 7.11 Å². The summed E-state index contributed by atoms with van der Waals surface area (Å²) in [5, 5.41) is 18.6. The fourth-order valence-corrected chi connectivity index (χ4v) is 1.56. The van der Waals surface area contributed by atoms with Crippen LogP contribution < -0.4 is 10.2 Å². The first kappa shape index (κ1) is 12.1. The van der Waals surface area contributed by atoms with Gasteiger partial charge in [0.2, 0.25) is 0 Å². The molecule has 0 spiro atoms. The van der Waals surface area contributed by atoms with Gasteiger partial charge in [-0.3, -0.25) is 0 Å². The molecule has 0 unspecified atom stereocenters. The first-order valence-corrected chi connectivity index (χ1v) is 4.91. The van der Waals surface area contributed by atoms with E-state index in [-0.39, 0.29) is 5.41 Å². The van der Waals surface area contributed by atoms with Crippen molar-refractivity contribution in [3.05, 3.63) is 23.8 Å². The Kier molecular flexibility index (Phi) is 3.42. The van der Waals surface area contributed by atoms with Crippen molar-refractivity contribution in [2.45, 2.75) is 26.2 Å². The Hall–Kier alpha value is -0.995. The van der Waals surface area contributed by atoms with Crippen LogP contribution in [0.3, 0.4) is 0 Å². The maximum absolute atomic E-state index is 9.29. The summed E-state index contributed by atoms with van der Waals surface area (Å²) in [6.45, 7) is 6.09. The summed E-state index contributed by atoms with van der Waals surface area (Å²) in [4.78, 5) is 0. The monoisotopic (exact) mass is 208 g/mol. The summed E-state index contributed by atoms with van der Waals surface area (Å²) < 4.78 is 5.05. The topological polar surface area (TPSA) is 49.7 Å². The maximum Gasteiger partial charge on any atom is 0.488 e. The lowest BCUT2D eigenvalue weighted by Gasteiger charge is -2.23. The summed E-state index contributed by atoms with van der Waals surface area (Å²) in [5.41, 5.74) is 1.30. The van der Waals surface area contributed by atoms with Gasteiger partial charge >= 0.3 is 7.12 Å². The molecule has 0 aromatic heterocycles. The molecule has 1 aromatic carbocycles. The second kappa shape index (κ2) is 4.25. The lowest BCUT2D eigenvalue weighted by molar-refractivity contribution is 0.410. The van der Waals surface area contributed by atoms with Gasteiger partial charge in [-0.05, 0) is 28.6 Å². The van der Waals surface area contributed by atoms with Crippen molar-refractivity contribution < 1.29 is 14.8 Å². The van der Waals surface area contributed by atoms with E-state index in [4.69, 9.17) is 4.74 Å². The molecule has 0 bridgehead atoms. The Balaban J connectivity index is 3.28. The molecule has 15 heavy (non-hydrogen) atoms. The Morgan fingerprint density at radius 3 is 2.20 bits per heavy atom. The van der Waals surface area contributed by atoms with Gasteiger partial charge in [-0.15, -0.1) is 0 Å². The normalized spacial score (nSPS) is 11.3. The van der Waals surface area contributed by atoms with E-state index in [9.17, 15) is 10.0 Å². The quantitative estimate of drug-likeness (QED) is 0.702. The van der Waals surface area contributed by atoms with E-state index in [1.54, 1.807) is 13.2 Å². The Labute approximate surface area is 90.9 Å². The standard InChI is InChI=1S/C11H17BO3/c1-11(2,3)9-6-5-8(15-4)7-10(9)12(13)14/h5-7,13-14H,1-4H3. The van der Waals surface area contributed by atoms with Gasteiger partial charge in [0, 0.05) is 0 Å². The number of rotatable bonds is 2. The summed E-state index contributed by atoms with van der Waals surface area (Å²) in [5.74, 6) is 0.631. The van der Waals surface area contributed by atoms with E-state index >= 15 is 0 Å². The average Bonchev–Trinajstić information content (AvgIpc) is 2.15. The minimum Gasteiger partial charge on any atom is -0.497 e. The number of benzene rings is 1. The molecule has 0 aliphatic heterocycles. The molecule has 3 nitrogen and oxygen atoms in total. The van der Waals surface area contributed by atoms with Crippen molar-refractivity contribution in [1.82, 2.24) is 0 Å². The molecule has 0 saturated carbocycles.